The molecule has 0 aromatic carbocycles. The second-order valence-corrected chi connectivity index (χ2v) is 22.4. The summed E-state index contributed by atoms with van der Waals surface area (Å²) in [6.07, 6.45) is 26.7. The zero-order valence-corrected chi connectivity index (χ0v) is 43.7. The molecule has 0 spiro atoms. The highest BCUT2D eigenvalue weighted by Crippen LogP contribution is 2.40. The molecule has 2 aliphatic rings. The number of esters is 4. The van der Waals surface area contributed by atoms with Crippen LogP contribution in [-0.2, 0) is 38.1 Å². The van der Waals surface area contributed by atoms with E-state index in [0.29, 0.717) is 38.5 Å². The second-order valence-electron chi connectivity index (χ2n) is 22.4. The summed E-state index contributed by atoms with van der Waals surface area (Å²) in [5.74, 6) is -5.00. The Morgan fingerprint density at radius 2 is 0.656 bits per heavy atom. The molecule has 2 rings (SSSR count). The molecule has 0 saturated carbocycles. The van der Waals surface area contributed by atoms with Crippen LogP contribution in [0.5, 0.6) is 0 Å². The summed E-state index contributed by atoms with van der Waals surface area (Å²) in [7, 11) is 4.19. The summed E-state index contributed by atoms with van der Waals surface area (Å²) in [6.45, 7) is 22.0. The first kappa shape index (κ1) is 57.9. The summed E-state index contributed by atoms with van der Waals surface area (Å²) in [6, 6.07) is 0. The van der Waals surface area contributed by atoms with Crippen LogP contribution in [-0.4, -0.2) is 95.3 Å². The fourth-order valence-corrected chi connectivity index (χ4v) is 10.4. The number of hydrogen-bond donors (Lipinski definition) is 0. The number of ether oxygens (including phenoxy) is 4. The fourth-order valence-electron chi connectivity index (χ4n) is 10.4. The average molecular weight is 905 g/mol. The van der Waals surface area contributed by atoms with Gasteiger partial charge in [0.15, 0.2) is 0 Å². The molecule has 0 radical (unpaired) electrons. The van der Waals surface area contributed by atoms with Gasteiger partial charge in [0.25, 0.3) is 0 Å². The average Bonchev–Trinajstić information content (AvgIpc) is 3.20. The van der Waals surface area contributed by atoms with Gasteiger partial charge < -0.3 is 18.9 Å². The van der Waals surface area contributed by atoms with Crippen molar-refractivity contribution in [3.8, 4) is 0 Å². The molecule has 10 nitrogen and oxygen atoms in total. The number of carbonyl (C=O) groups is 4. The molecular weight excluding hydrogens is 805 g/mol. The Morgan fingerprint density at radius 3 is 0.906 bits per heavy atom. The number of carbonyl (C=O) groups excluding carboxylic acids is 4. The highest BCUT2D eigenvalue weighted by atomic mass is 16.6. The van der Waals surface area contributed by atoms with E-state index in [4.69, 9.17) is 18.9 Å². The lowest BCUT2D eigenvalue weighted by Gasteiger charge is -2.53. The fraction of sp³-hybridized carbons (Fsp3) is 0.926. The van der Waals surface area contributed by atoms with Crippen LogP contribution in [0.1, 0.15) is 249 Å². The highest BCUT2D eigenvalue weighted by Gasteiger charge is 2.47. The van der Waals surface area contributed by atoms with Crippen molar-refractivity contribution in [1.29, 1.82) is 0 Å². The van der Waals surface area contributed by atoms with Gasteiger partial charge in [0.05, 0.1) is 37.9 Å². The first-order valence-corrected chi connectivity index (χ1v) is 26.4. The minimum absolute atomic E-state index is 0.184. The summed E-state index contributed by atoms with van der Waals surface area (Å²) in [5, 5.41) is 0. The minimum Gasteiger partial charge on any atom is -0.465 e. The second kappa shape index (κ2) is 29.5. The van der Waals surface area contributed by atoms with Crippen molar-refractivity contribution >= 4 is 23.9 Å². The van der Waals surface area contributed by atoms with E-state index in [1.54, 1.807) is 0 Å². The molecular formula is C54H100N2O8. The zero-order valence-electron chi connectivity index (χ0n) is 43.7. The highest BCUT2D eigenvalue weighted by molar-refractivity contribution is 5.88. The van der Waals surface area contributed by atoms with E-state index < -0.39 is 35.7 Å². The van der Waals surface area contributed by atoms with Crippen LogP contribution < -0.4 is 0 Å². The molecule has 0 amide bonds. The third-order valence-corrected chi connectivity index (χ3v) is 15.0. The maximum Gasteiger partial charge on any atom is 0.310 e. The first-order valence-electron chi connectivity index (χ1n) is 26.4. The molecule has 10 heteroatoms. The molecule has 0 N–H and O–H groups in total. The van der Waals surface area contributed by atoms with Crippen molar-refractivity contribution in [3.05, 3.63) is 0 Å². The van der Waals surface area contributed by atoms with Gasteiger partial charge in [-0.1, -0.05) is 142 Å². The first-order chi connectivity index (χ1) is 30.2. The zero-order chi connectivity index (χ0) is 47.8. The molecule has 0 bridgehead atoms. The molecule has 2 atom stereocenters. The molecule has 2 fully saturated rings. The van der Waals surface area contributed by atoms with Crippen molar-refractivity contribution in [2.75, 3.05) is 27.3 Å². The molecule has 0 aromatic rings. The number of unbranched alkanes of at least 4 members (excludes halogenated alkanes) is 20. The van der Waals surface area contributed by atoms with Crippen LogP contribution in [0.2, 0.25) is 0 Å². The number of nitrogens with zero attached hydrogens (tertiary/aromatic N) is 2. The Bertz CT molecular complexity index is 1210. The smallest absolute Gasteiger partial charge is 0.310 e. The lowest BCUT2D eigenvalue weighted by atomic mass is 9.78. The standard InChI is InChI=1S/C54H100N2O8/c1-13-15-17-19-21-23-25-27-29-31-33-35-61-49(59)45(37-47(57)63-43-39-51(3,4)55(11)52(5,6)40-43)46(38-48(58)64-44-41-53(7,8)56(12)54(9,10)42-44)50(60)62-36-34-32-30-28-26-24-22-20-18-16-14-2/h43-46H,13-42H2,1-12H3. The van der Waals surface area contributed by atoms with Crippen molar-refractivity contribution in [2.45, 2.75) is 283 Å². The number of rotatable bonds is 33. The molecule has 2 saturated heterocycles. The lowest BCUT2D eigenvalue weighted by Crippen LogP contribution is -2.60. The predicted molar refractivity (Wildman–Crippen MR) is 261 cm³/mol. The molecule has 2 heterocycles. The summed E-state index contributed by atoms with van der Waals surface area (Å²) in [4.78, 5) is 61.0. The van der Waals surface area contributed by atoms with Gasteiger partial charge in [0, 0.05) is 47.8 Å². The Labute approximate surface area is 393 Å². The maximum absolute atomic E-state index is 14.2. The third-order valence-electron chi connectivity index (χ3n) is 15.0. The Kier molecular flexibility index (Phi) is 26.7. The molecule has 2 unspecified atom stereocenters. The van der Waals surface area contributed by atoms with Crippen LogP contribution in [0.4, 0.5) is 0 Å². The van der Waals surface area contributed by atoms with Crippen molar-refractivity contribution in [3.63, 3.8) is 0 Å². The van der Waals surface area contributed by atoms with Gasteiger partial charge >= 0.3 is 23.9 Å². The lowest BCUT2D eigenvalue weighted by molar-refractivity contribution is -0.173. The largest absolute Gasteiger partial charge is 0.465 e. The maximum atomic E-state index is 14.2. The van der Waals surface area contributed by atoms with Crippen LogP contribution in [0.15, 0.2) is 0 Å². The van der Waals surface area contributed by atoms with Crippen LogP contribution in [0.25, 0.3) is 0 Å². The topological polar surface area (TPSA) is 112 Å². The van der Waals surface area contributed by atoms with E-state index >= 15 is 0 Å². The normalized spacial score (nSPS) is 19.8. The number of hydrogen-bond acceptors (Lipinski definition) is 10. The van der Waals surface area contributed by atoms with Gasteiger partial charge in [-0.2, -0.15) is 0 Å². The van der Waals surface area contributed by atoms with Crippen LogP contribution in [0.3, 0.4) is 0 Å². The van der Waals surface area contributed by atoms with Crippen molar-refractivity contribution in [1.82, 2.24) is 9.80 Å². The van der Waals surface area contributed by atoms with Gasteiger partial charge in [-0.05, 0) is 82.3 Å². The van der Waals surface area contributed by atoms with E-state index in [-0.39, 0.29) is 60.4 Å². The third kappa shape index (κ3) is 21.6. The van der Waals surface area contributed by atoms with E-state index in [1.165, 1.54) is 89.9 Å². The van der Waals surface area contributed by atoms with Crippen molar-refractivity contribution in [2.24, 2.45) is 11.8 Å². The van der Waals surface area contributed by atoms with Crippen LogP contribution >= 0.6 is 0 Å². The van der Waals surface area contributed by atoms with Gasteiger partial charge in [0.1, 0.15) is 12.2 Å². The molecule has 0 aliphatic carbocycles. The Balaban J connectivity index is 2.21. The number of piperidine rings is 2. The number of likely N-dealkylation sites (tertiary alicyclic amines) is 2. The monoisotopic (exact) mass is 905 g/mol. The molecule has 0 aromatic heterocycles. The Hall–Kier alpha value is -2.20. The van der Waals surface area contributed by atoms with E-state index in [2.05, 4.69) is 93.1 Å². The van der Waals surface area contributed by atoms with E-state index in [1.807, 2.05) is 0 Å². The van der Waals surface area contributed by atoms with Gasteiger partial charge in [-0.3, -0.25) is 29.0 Å². The molecule has 64 heavy (non-hydrogen) atoms. The summed E-state index contributed by atoms with van der Waals surface area (Å²) in [5.41, 5.74) is -0.885. The molecule has 374 valence electrons. The van der Waals surface area contributed by atoms with E-state index in [9.17, 15) is 19.2 Å². The van der Waals surface area contributed by atoms with Gasteiger partial charge in [0.2, 0.25) is 0 Å². The quantitative estimate of drug-likeness (QED) is 0.0358. The summed E-state index contributed by atoms with van der Waals surface area (Å²) < 4.78 is 24.1. The SMILES string of the molecule is CCCCCCCCCCCCCOC(=O)C(CC(=O)OC1CC(C)(C)N(C)C(C)(C)C1)C(CC(=O)OC1CC(C)(C)N(C)C(C)(C)C1)C(=O)OCCCCCCCCCCCCC. The van der Waals surface area contributed by atoms with Crippen molar-refractivity contribution < 1.29 is 38.1 Å². The predicted octanol–water partition coefficient (Wildman–Crippen LogP) is 13.1. The molecule has 2 aliphatic heterocycles. The van der Waals surface area contributed by atoms with Gasteiger partial charge in [-0.25, -0.2) is 0 Å². The Morgan fingerprint density at radius 1 is 0.422 bits per heavy atom. The van der Waals surface area contributed by atoms with Crippen LogP contribution in [0, 0.1) is 11.8 Å². The minimum atomic E-state index is -1.25. The van der Waals surface area contributed by atoms with E-state index in [0.717, 1.165) is 38.5 Å². The van der Waals surface area contributed by atoms with Gasteiger partial charge in [-0.15, -0.1) is 0 Å². The summed E-state index contributed by atoms with van der Waals surface area (Å²) >= 11 is 0.